The van der Waals surface area contributed by atoms with Crippen LogP contribution in [0.3, 0.4) is 0 Å². The predicted octanol–water partition coefficient (Wildman–Crippen LogP) is 3.68. The van der Waals surface area contributed by atoms with Gasteiger partial charge >= 0.3 is 0 Å². The smallest absolute Gasteiger partial charge is 0.240 e. The van der Waals surface area contributed by atoms with E-state index in [-0.39, 0.29) is 12.3 Å². The first-order valence-corrected chi connectivity index (χ1v) is 9.37. The van der Waals surface area contributed by atoms with Crippen molar-refractivity contribution in [3.05, 3.63) is 107 Å². The Labute approximate surface area is 169 Å². The van der Waals surface area contributed by atoms with Crippen molar-refractivity contribution in [2.24, 2.45) is 5.73 Å². The van der Waals surface area contributed by atoms with Gasteiger partial charge in [-0.3, -0.25) is 9.59 Å². The Morgan fingerprint density at radius 1 is 0.821 bits per heavy atom. The summed E-state index contributed by atoms with van der Waals surface area (Å²) in [5.74, 6) is -1.43. The van der Waals surface area contributed by atoms with Crippen molar-refractivity contribution in [3.63, 3.8) is 0 Å². The zero-order valence-electron chi connectivity index (χ0n) is 15.2. The molecule has 0 fully saturated rings. The van der Waals surface area contributed by atoms with Crippen molar-refractivity contribution >= 4 is 23.4 Å². The van der Waals surface area contributed by atoms with Gasteiger partial charge in [0.25, 0.3) is 0 Å². The monoisotopic (exact) mass is 392 g/mol. The fourth-order valence-electron chi connectivity index (χ4n) is 3.15. The quantitative estimate of drug-likeness (QED) is 0.643. The Hall–Kier alpha value is -3.11. The third-order valence-corrected chi connectivity index (χ3v) is 4.94. The van der Waals surface area contributed by atoms with Crippen LogP contribution in [0, 0.1) is 0 Å². The molecule has 0 aliphatic rings. The minimum Gasteiger partial charge on any atom is -0.368 e. The standard InChI is InChI=1S/C23H21ClN2O2/c24-19-14-8-7-13-18(19)15-20(22(25)27)26-23(28)21(16-9-3-1-4-10-16)17-11-5-2-6-12-17/h1-14,20-21H,15H2,(H2,25,27)(H,26,28)/t20-/m1/s1. The highest BCUT2D eigenvalue weighted by molar-refractivity contribution is 6.31. The lowest BCUT2D eigenvalue weighted by Gasteiger charge is -2.22. The zero-order valence-corrected chi connectivity index (χ0v) is 16.0. The SMILES string of the molecule is NC(=O)[C@@H](Cc1ccccc1Cl)NC(=O)C(c1ccccc1)c1ccccc1. The lowest BCUT2D eigenvalue weighted by molar-refractivity contribution is -0.127. The summed E-state index contributed by atoms with van der Waals surface area (Å²) in [4.78, 5) is 25.2. The van der Waals surface area contributed by atoms with Crippen LogP contribution in [0.5, 0.6) is 0 Å². The predicted molar refractivity (Wildman–Crippen MR) is 111 cm³/mol. The van der Waals surface area contributed by atoms with E-state index in [0.29, 0.717) is 5.02 Å². The highest BCUT2D eigenvalue weighted by atomic mass is 35.5. The number of halogens is 1. The second-order valence-corrected chi connectivity index (χ2v) is 6.92. The Kier molecular flexibility index (Phi) is 6.45. The molecule has 5 heteroatoms. The number of carbonyl (C=O) groups excluding carboxylic acids is 2. The molecule has 0 radical (unpaired) electrons. The summed E-state index contributed by atoms with van der Waals surface area (Å²) in [6, 6.07) is 25.2. The number of carbonyl (C=O) groups is 2. The molecule has 0 spiro atoms. The average Bonchev–Trinajstić information content (AvgIpc) is 2.71. The van der Waals surface area contributed by atoms with Crippen molar-refractivity contribution < 1.29 is 9.59 Å². The molecule has 142 valence electrons. The van der Waals surface area contributed by atoms with Crippen LogP contribution < -0.4 is 11.1 Å². The van der Waals surface area contributed by atoms with Crippen LogP contribution in [-0.2, 0) is 16.0 Å². The Bertz CT molecular complexity index is 906. The maximum Gasteiger partial charge on any atom is 0.240 e. The molecule has 3 rings (SSSR count). The van der Waals surface area contributed by atoms with Gasteiger partial charge in [-0.25, -0.2) is 0 Å². The van der Waals surface area contributed by atoms with Crippen LogP contribution >= 0.6 is 11.6 Å². The molecule has 0 unspecified atom stereocenters. The van der Waals surface area contributed by atoms with E-state index in [0.717, 1.165) is 16.7 Å². The van der Waals surface area contributed by atoms with Crippen LogP contribution in [0.25, 0.3) is 0 Å². The van der Waals surface area contributed by atoms with Gasteiger partial charge in [0.05, 0.1) is 5.92 Å². The molecule has 28 heavy (non-hydrogen) atoms. The summed E-state index contributed by atoms with van der Waals surface area (Å²) in [6.07, 6.45) is 0.233. The van der Waals surface area contributed by atoms with Crippen molar-refractivity contribution in [1.82, 2.24) is 5.32 Å². The highest BCUT2D eigenvalue weighted by Gasteiger charge is 2.27. The van der Waals surface area contributed by atoms with E-state index in [4.69, 9.17) is 17.3 Å². The average molecular weight is 393 g/mol. The van der Waals surface area contributed by atoms with Crippen molar-refractivity contribution in [2.75, 3.05) is 0 Å². The summed E-state index contributed by atoms with van der Waals surface area (Å²) >= 11 is 6.20. The normalized spacial score (nSPS) is 11.8. The second-order valence-electron chi connectivity index (χ2n) is 6.51. The molecule has 3 N–H and O–H groups in total. The Balaban J connectivity index is 1.87. The largest absolute Gasteiger partial charge is 0.368 e. The van der Waals surface area contributed by atoms with Gasteiger partial charge in [0.1, 0.15) is 6.04 Å². The van der Waals surface area contributed by atoms with Gasteiger partial charge in [-0.15, -0.1) is 0 Å². The maximum atomic E-state index is 13.2. The molecule has 3 aromatic rings. The molecule has 0 aliphatic heterocycles. The Morgan fingerprint density at radius 2 is 1.32 bits per heavy atom. The third kappa shape index (κ3) is 4.78. The molecule has 1 atom stereocenters. The van der Waals surface area contributed by atoms with E-state index < -0.39 is 17.9 Å². The van der Waals surface area contributed by atoms with E-state index in [1.54, 1.807) is 6.07 Å². The number of rotatable bonds is 7. The summed E-state index contributed by atoms with van der Waals surface area (Å²) in [5, 5.41) is 3.35. The molecule has 3 aromatic carbocycles. The van der Waals surface area contributed by atoms with Crippen LogP contribution in [-0.4, -0.2) is 17.9 Å². The molecule has 0 aliphatic carbocycles. The summed E-state index contributed by atoms with van der Waals surface area (Å²) in [5.41, 5.74) is 8.00. The minimum absolute atomic E-state index is 0.233. The first kappa shape index (κ1) is 19.6. The van der Waals surface area contributed by atoms with Gasteiger partial charge in [0.2, 0.25) is 11.8 Å². The fourth-order valence-corrected chi connectivity index (χ4v) is 3.36. The topological polar surface area (TPSA) is 72.2 Å². The first-order valence-electron chi connectivity index (χ1n) is 8.99. The van der Waals surface area contributed by atoms with Gasteiger partial charge in [0, 0.05) is 11.4 Å². The number of primary amides is 1. The summed E-state index contributed by atoms with van der Waals surface area (Å²) < 4.78 is 0. The van der Waals surface area contributed by atoms with E-state index in [1.165, 1.54) is 0 Å². The van der Waals surface area contributed by atoms with Crippen molar-refractivity contribution in [1.29, 1.82) is 0 Å². The minimum atomic E-state index is -0.859. The van der Waals surface area contributed by atoms with Crippen LogP contribution in [0.4, 0.5) is 0 Å². The maximum absolute atomic E-state index is 13.2. The molecule has 2 amide bonds. The molecule has 0 heterocycles. The van der Waals surface area contributed by atoms with Crippen LogP contribution in [0.1, 0.15) is 22.6 Å². The van der Waals surface area contributed by atoms with Crippen molar-refractivity contribution in [2.45, 2.75) is 18.4 Å². The molecular weight excluding hydrogens is 372 g/mol. The zero-order chi connectivity index (χ0) is 19.9. The lowest BCUT2D eigenvalue weighted by atomic mass is 9.90. The van der Waals surface area contributed by atoms with Crippen LogP contribution in [0.2, 0.25) is 5.02 Å². The van der Waals surface area contributed by atoms with E-state index in [1.807, 2.05) is 78.9 Å². The molecule has 4 nitrogen and oxygen atoms in total. The van der Waals surface area contributed by atoms with E-state index >= 15 is 0 Å². The molecule has 0 saturated carbocycles. The fraction of sp³-hybridized carbons (Fsp3) is 0.130. The molecule has 0 saturated heterocycles. The molecule has 0 bridgehead atoms. The van der Waals surface area contributed by atoms with Gasteiger partial charge in [0.15, 0.2) is 0 Å². The molecular formula is C23H21ClN2O2. The number of benzene rings is 3. The Morgan fingerprint density at radius 3 is 1.82 bits per heavy atom. The second kappa shape index (κ2) is 9.20. The van der Waals surface area contributed by atoms with Gasteiger partial charge in [-0.2, -0.15) is 0 Å². The molecule has 0 aromatic heterocycles. The van der Waals surface area contributed by atoms with Gasteiger partial charge < -0.3 is 11.1 Å². The number of nitrogens with two attached hydrogens (primary N) is 1. The summed E-state index contributed by atoms with van der Waals surface area (Å²) in [6.45, 7) is 0. The third-order valence-electron chi connectivity index (χ3n) is 4.57. The number of hydrogen-bond acceptors (Lipinski definition) is 2. The highest BCUT2D eigenvalue weighted by Crippen LogP contribution is 2.25. The number of nitrogens with one attached hydrogen (secondary N) is 1. The van der Waals surface area contributed by atoms with E-state index in [2.05, 4.69) is 5.32 Å². The van der Waals surface area contributed by atoms with E-state index in [9.17, 15) is 9.59 Å². The van der Waals surface area contributed by atoms with Gasteiger partial charge in [-0.05, 0) is 22.8 Å². The van der Waals surface area contributed by atoms with Gasteiger partial charge in [-0.1, -0.05) is 90.5 Å². The number of amides is 2. The number of hydrogen-bond donors (Lipinski definition) is 2. The lowest BCUT2D eigenvalue weighted by Crippen LogP contribution is -2.47. The van der Waals surface area contributed by atoms with Crippen LogP contribution in [0.15, 0.2) is 84.9 Å². The van der Waals surface area contributed by atoms with Crippen molar-refractivity contribution in [3.8, 4) is 0 Å². The summed E-state index contributed by atoms with van der Waals surface area (Å²) in [7, 11) is 0. The first-order chi connectivity index (χ1) is 13.6.